The zero-order chi connectivity index (χ0) is 11.8. The van der Waals surface area contributed by atoms with Crippen LogP contribution in [0, 0.1) is 12.8 Å². The van der Waals surface area contributed by atoms with Gasteiger partial charge in [-0.25, -0.2) is 4.98 Å². The van der Waals surface area contributed by atoms with E-state index in [1.807, 2.05) is 13.1 Å². The van der Waals surface area contributed by atoms with E-state index in [1.54, 1.807) is 0 Å². The molecule has 0 aromatic carbocycles. The monoisotopic (exact) mass is 251 g/mol. The lowest BCUT2D eigenvalue weighted by Gasteiger charge is -2.38. The third-order valence-corrected chi connectivity index (χ3v) is 4.41. The van der Waals surface area contributed by atoms with Gasteiger partial charge < -0.3 is 10.2 Å². The van der Waals surface area contributed by atoms with Gasteiger partial charge in [0.05, 0.1) is 11.9 Å². The van der Waals surface area contributed by atoms with Crippen LogP contribution in [0.4, 0.5) is 5.69 Å². The standard InChI is InChI=1S/C13H18ClN3/c1-9-5-11(7-16-13(9)14)17-4-2-3-10-6-15-8-12(10)17/h5,7,10,12,15H,2-4,6,8H2,1H3. The quantitative estimate of drug-likeness (QED) is 0.776. The average Bonchev–Trinajstić information content (AvgIpc) is 2.80. The molecule has 0 bridgehead atoms. The van der Waals surface area contributed by atoms with Crippen LogP contribution in [0.25, 0.3) is 0 Å². The number of aryl methyl sites for hydroxylation is 1. The molecule has 3 rings (SSSR count). The summed E-state index contributed by atoms with van der Waals surface area (Å²) in [4.78, 5) is 6.78. The van der Waals surface area contributed by atoms with E-state index in [0.717, 1.165) is 24.6 Å². The Labute approximate surface area is 107 Å². The molecule has 2 aliphatic heterocycles. The number of fused-ring (bicyclic) bond motifs is 1. The number of hydrogen-bond acceptors (Lipinski definition) is 3. The number of rotatable bonds is 1. The van der Waals surface area contributed by atoms with Gasteiger partial charge in [0.1, 0.15) is 5.15 Å². The summed E-state index contributed by atoms with van der Waals surface area (Å²) < 4.78 is 0. The number of aromatic nitrogens is 1. The van der Waals surface area contributed by atoms with E-state index in [-0.39, 0.29) is 0 Å². The van der Waals surface area contributed by atoms with E-state index in [9.17, 15) is 0 Å². The molecule has 1 aromatic heterocycles. The second-order valence-corrected chi connectivity index (χ2v) is 5.48. The summed E-state index contributed by atoms with van der Waals surface area (Å²) in [5, 5.41) is 4.12. The Hall–Kier alpha value is -0.800. The molecule has 2 unspecified atom stereocenters. The molecule has 92 valence electrons. The summed E-state index contributed by atoms with van der Waals surface area (Å²) >= 11 is 5.99. The fraction of sp³-hybridized carbons (Fsp3) is 0.615. The van der Waals surface area contributed by atoms with Gasteiger partial charge in [-0.2, -0.15) is 0 Å². The van der Waals surface area contributed by atoms with Crippen LogP contribution in [0.2, 0.25) is 5.15 Å². The molecule has 2 saturated heterocycles. The van der Waals surface area contributed by atoms with Crippen molar-refractivity contribution < 1.29 is 0 Å². The van der Waals surface area contributed by atoms with Gasteiger partial charge in [-0.05, 0) is 37.3 Å². The van der Waals surface area contributed by atoms with Crippen LogP contribution in [-0.4, -0.2) is 30.7 Å². The molecule has 3 heterocycles. The lowest BCUT2D eigenvalue weighted by atomic mass is 9.91. The van der Waals surface area contributed by atoms with Crippen LogP contribution in [0.5, 0.6) is 0 Å². The summed E-state index contributed by atoms with van der Waals surface area (Å²) in [6.45, 7) is 5.44. The van der Waals surface area contributed by atoms with Crippen molar-refractivity contribution in [3.8, 4) is 0 Å². The van der Waals surface area contributed by atoms with E-state index in [0.29, 0.717) is 11.2 Å². The molecule has 2 aliphatic rings. The number of anilines is 1. The first kappa shape index (κ1) is 11.3. The van der Waals surface area contributed by atoms with Gasteiger partial charge in [-0.3, -0.25) is 0 Å². The highest BCUT2D eigenvalue weighted by molar-refractivity contribution is 6.30. The molecule has 1 aromatic rings. The molecule has 0 amide bonds. The summed E-state index contributed by atoms with van der Waals surface area (Å²) in [5.41, 5.74) is 2.29. The Morgan fingerprint density at radius 1 is 1.47 bits per heavy atom. The Morgan fingerprint density at radius 2 is 2.35 bits per heavy atom. The van der Waals surface area contributed by atoms with Crippen LogP contribution >= 0.6 is 11.6 Å². The van der Waals surface area contributed by atoms with Crippen molar-refractivity contribution in [2.45, 2.75) is 25.8 Å². The number of hydrogen-bond donors (Lipinski definition) is 1. The first-order chi connectivity index (χ1) is 8.25. The van der Waals surface area contributed by atoms with Crippen molar-refractivity contribution in [1.29, 1.82) is 0 Å². The minimum atomic E-state index is 0.617. The summed E-state index contributed by atoms with van der Waals surface area (Å²) in [6.07, 6.45) is 4.55. The Morgan fingerprint density at radius 3 is 3.18 bits per heavy atom. The van der Waals surface area contributed by atoms with Crippen molar-refractivity contribution >= 4 is 17.3 Å². The smallest absolute Gasteiger partial charge is 0.132 e. The van der Waals surface area contributed by atoms with Crippen molar-refractivity contribution in [2.24, 2.45) is 5.92 Å². The fourth-order valence-electron chi connectivity index (χ4n) is 3.09. The van der Waals surface area contributed by atoms with Gasteiger partial charge in [-0.1, -0.05) is 11.6 Å². The molecule has 0 radical (unpaired) electrons. The Bertz CT molecular complexity index is 421. The number of halogens is 1. The molecule has 0 saturated carbocycles. The third kappa shape index (κ3) is 2.02. The van der Waals surface area contributed by atoms with Gasteiger partial charge in [0.25, 0.3) is 0 Å². The number of nitrogens with one attached hydrogen (secondary N) is 1. The molecule has 3 nitrogen and oxygen atoms in total. The van der Waals surface area contributed by atoms with Crippen LogP contribution < -0.4 is 10.2 Å². The van der Waals surface area contributed by atoms with E-state index in [1.165, 1.54) is 25.1 Å². The molecule has 2 atom stereocenters. The minimum Gasteiger partial charge on any atom is -0.366 e. The number of nitrogens with zero attached hydrogens (tertiary/aromatic N) is 2. The maximum absolute atomic E-state index is 5.99. The maximum Gasteiger partial charge on any atom is 0.132 e. The van der Waals surface area contributed by atoms with E-state index in [4.69, 9.17) is 11.6 Å². The lowest BCUT2D eigenvalue weighted by molar-refractivity contribution is 0.385. The second-order valence-electron chi connectivity index (χ2n) is 5.12. The normalized spacial score (nSPS) is 28.2. The highest BCUT2D eigenvalue weighted by Crippen LogP contribution is 2.31. The largest absolute Gasteiger partial charge is 0.366 e. The predicted octanol–water partition coefficient (Wildman–Crippen LogP) is 2.23. The molecule has 1 N–H and O–H groups in total. The van der Waals surface area contributed by atoms with Gasteiger partial charge in [0, 0.05) is 25.7 Å². The van der Waals surface area contributed by atoms with Crippen molar-refractivity contribution in [3.05, 3.63) is 23.0 Å². The molecular weight excluding hydrogens is 234 g/mol. The van der Waals surface area contributed by atoms with E-state index < -0.39 is 0 Å². The Kier molecular flexibility index (Phi) is 2.97. The average molecular weight is 252 g/mol. The lowest BCUT2D eigenvalue weighted by Crippen LogP contribution is -2.45. The third-order valence-electron chi connectivity index (χ3n) is 4.01. The van der Waals surface area contributed by atoms with Crippen LogP contribution in [0.15, 0.2) is 12.3 Å². The predicted molar refractivity (Wildman–Crippen MR) is 70.7 cm³/mol. The highest BCUT2D eigenvalue weighted by atomic mass is 35.5. The molecule has 4 heteroatoms. The summed E-state index contributed by atoms with van der Waals surface area (Å²) in [5.74, 6) is 0.805. The molecular formula is C13H18ClN3. The number of piperidine rings is 1. The van der Waals surface area contributed by atoms with E-state index in [2.05, 4.69) is 21.3 Å². The van der Waals surface area contributed by atoms with Gasteiger partial charge >= 0.3 is 0 Å². The van der Waals surface area contributed by atoms with Crippen LogP contribution in [0.1, 0.15) is 18.4 Å². The minimum absolute atomic E-state index is 0.617. The fourth-order valence-corrected chi connectivity index (χ4v) is 3.19. The topological polar surface area (TPSA) is 28.2 Å². The van der Waals surface area contributed by atoms with Crippen LogP contribution in [-0.2, 0) is 0 Å². The van der Waals surface area contributed by atoms with Crippen molar-refractivity contribution in [3.63, 3.8) is 0 Å². The van der Waals surface area contributed by atoms with Gasteiger partial charge in [0.15, 0.2) is 0 Å². The van der Waals surface area contributed by atoms with E-state index >= 15 is 0 Å². The van der Waals surface area contributed by atoms with Crippen LogP contribution in [0.3, 0.4) is 0 Å². The zero-order valence-corrected chi connectivity index (χ0v) is 10.9. The summed E-state index contributed by atoms with van der Waals surface area (Å²) in [7, 11) is 0. The highest BCUT2D eigenvalue weighted by Gasteiger charge is 2.35. The molecule has 0 aliphatic carbocycles. The molecule has 17 heavy (non-hydrogen) atoms. The SMILES string of the molecule is Cc1cc(N2CCCC3CNCC32)cnc1Cl. The van der Waals surface area contributed by atoms with Gasteiger partial charge in [-0.15, -0.1) is 0 Å². The summed E-state index contributed by atoms with van der Waals surface area (Å²) in [6, 6.07) is 2.81. The zero-order valence-electron chi connectivity index (χ0n) is 10.1. The van der Waals surface area contributed by atoms with Gasteiger partial charge in [0.2, 0.25) is 0 Å². The number of pyridine rings is 1. The molecule has 0 spiro atoms. The van der Waals surface area contributed by atoms with Crippen molar-refractivity contribution in [2.75, 3.05) is 24.5 Å². The Balaban J connectivity index is 1.89. The first-order valence-corrected chi connectivity index (χ1v) is 6.73. The second kappa shape index (κ2) is 4.46. The maximum atomic E-state index is 5.99. The molecule has 2 fully saturated rings. The van der Waals surface area contributed by atoms with Crippen molar-refractivity contribution in [1.82, 2.24) is 10.3 Å². The first-order valence-electron chi connectivity index (χ1n) is 6.35.